The van der Waals surface area contributed by atoms with E-state index in [9.17, 15) is 0 Å². The van der Waals surface area contributed by atoms with Crippen LogP contribution in [-0.4, -0.2) is 43.1 Å². The summed E-state index contributed by atoms with van der Waals surface area (Å²) in [6, 6.07) is 0.647. The van der Waals surface area contributed by atoms with Crippen LogP contribution in [0.4, 0.5) is 0 Å². The molecule has 0 aromatic carbocycles. The van der Waals surface area contributed by atoms with Crippen molar-refractivity contribution < 1.29 is 0 Å². The number of hydrazine groups is 1. The molecule has 0 aromatic heterocycles. The van der Waals surface area contributed by atoms with Crippen LogP contribution >= 0.6 is 0 Å². The Kier molecular flexibility index (Phi) is 6.29. The van der Waals surface area contributed by atoms with Gasteiger partial charge < -0.3 is 10.2 Å². The van der Waals surface area contributed by atoms with Crippen molar-refractivity contribution in [3.8, 4) is 0 Å². The van der Waals surface area contributed by atoms with Gasteiger partial charge in [-0.3, -0.25) is 10.4 Å². The molecule has 0 bridgehead atoms. The van der Waals surface area contributed by atoms with Gasteiger partial charge in [-0.25, -0.2) is 5.84 Å². The molecule has 4 N–H and O–H groups in total. The average molecular weight is 241 g/mol. The number of nitrogens with two attached hydrogens (primary N) is 1. The predicted molar refractivity (Wildman–Crippen MR) is 72.7 cm³/mol. The first-order valence-corrected chi connectivity index (χ1v) is 6.66. The maximum atomic E-state index is 5.42. The summed E-state index contributed by atoms with van der Waals surface area (Å²) in [7, 11) is 0. The smallest absolute Gasteiger partial charge is 0.205 e. The molecule has 1 rings (SSSR count). The highest BCUT2D eigenvalue weighted by Crippen LogP contribution is 2.18. The van der Waals surface area contributed by atoms with E-state index < -0.39 is 0 Å². The highest BCUT2D eigenvalue weighted by Gasteiger charge is 2.23. The monoisotopic (exact) mass is 241 g/mol. The molecule has 1 fully saturated rings. The molecule has 0 amide bonds. The molecule has 0 radical (unpaired) electrons. The van der Waals surface area contributed by atoms with Crippen LogP contribution in [-0.2, 0) is 0 Å². The van der Waals surface area contributed by atoms with Crippen LogP contribution in [0.15, 0.2) is 4.99 Å². The number of hydrogen-bond acceptors (Lipinski definition) is 3. The van der Waals surface area contributed by atoms with Crippen molar-refractivity contribution in [2.24, 2.45) is 16.8 Å². The summed E-state index contributed by atoms with van der Waals surface area (Å²) in [6.07, 6.45) is 2.32. The third kappa shape index (κ3) is 4.91. The molecule has 1 saturated heterocycles. The molecular formula is C12H27N5. The first kappa shape index (κ1) is 14.3. The minimum atomic E-state index is 0.647. The molecule has 5 nitrogen and oxygen atoms in total. The molecule has 1 aliphatic heterocycles. The number of likely N-dealkylation sites (tertiary alicyclic amines) is 1. The van der Waals surface area contributed by atoms with Gasteiger partial charge in [0, 0.05) is 25.7 Å². The van der Waals surface area contributed by atoms with Gasteiger partial charge in [-0.2, -0.15) is 0 Å². The molecule has 1 unspecified atom stereocenters. The van der Waals surface area contributed by atoms with E-state index in [2.05, 4.69) is 41.4 Å². The van der Waals surface area contributed by atoms with E-state index in [-0.39, 0.29) is 0 Å². The lowest BCUT2D eigenvalue weighted by atomic mass is 10.1. The maximum absolute atomic E-state index is 5.42. The van der Waals surface area contributed by atoms with Crippen molar-refractivity contribution in [2.45, 2.75) is 39.7 Å². The molecule has 1 heterocycles. The quantitative estimate of drug-likeness (QED) is 0.284. The summed E-state index contributed by atoms with van der Waals surface area (Å²) in [5, 5.41) is 3.18. The van der Waals surface area contributed by atoms with Gasteiger partial charge in [0.05, 0.1) is 0 Å². The summed E-state index contributed by atoms with van der Waals surface area (Å²) in [5.74, 6) is 6.81. The highest BCUT2D eigenvalue weighted by molar-refractivity contribution is 5.79. The largest absolute Gasteiger partial charge is 0.355 e. The van der Waals surface area contributed by atoms with Crippen LogP contribution in [0.3, 0.4) is 0 Å². The minimum absolute atomic E-state index is 0.647. The van der Waals surface area contributed by atoms with Gasteiger partial charge in [0.1, 0.15) is 0 Å². The number of guanidine groups is 1. The Hall–Kier alpha value is -0.810. The third-order valence-corrected chi connectivity index (χ3v) is 3.23. The maximum Gasteiger partial charge on any atom is 0.205 e. The van der Waals surface area contributed by atoms with Crippen LogP contribution in [0.25, 0.3) is 0 Å². The van der Waals surface area contributed by atoms with Gasteiger partial charge in [0.2, 0.25) is 5.96 Å². The predicted octanol–water partition coefficient (Wildman–Crippen LogP) is 0.536. The third-order valence-electron chi connectivity index (χ3n) is 3.23. The molecule has 1 aliphatic rings. The summed E-state index contributed by atoms with van der Waals surface area (Å²) in [6.45, 7) is 10.8. The van der Waals surface area contributed by atoms with Crippen LogP contribution in [0, 0.1) is 5.92 Å². The fraction of sp³-hybridized carbons (Fsp3) is 0.917. The zero-order valence-electron chi connectivity index (χ0n) is 11.4. The number of rotatable bonds is 5. The molecule has 5 heteroatoms. The van der Waals surface area contributed by atoms with Crippen molar-refractivity contribution in [3.63, 3.8) is 0 Å². The van der Waals surface area contributed by atoms with Gasteiger partial charge in [-0.1, -0.05) is 6.92 Å². The lowest BCUT2D eigenvalue weighted by molar-refractivity contribution is 0.266. The molecular weight excluding hydrogens is 214 g/mol. The van der Waals surface area contributed by atoms with Gasteiger partial charge in [0.25, 0.3) is 0 Å². The Balaban J connectivity index is 2.31. The Bertz CT molecular complexity index is 239. The van der Waals surface area contributed by atoms with Crippen LogP contribution in [0.1, 0.15) is 33.6 Å². The lowest BCUT2D eigenvalue weighted by Crippen LogP contribution is -2.42. The molecule has 0 aromatic rings. The number of hydrogen-bond donors (Lipinski definition) is 3. The normalized spacial score (nSPS) is 22.2. The number of aliphatic imine (C=N–C) groups is 1. The number of nitrogens with one attached hydrogen (secondary N) is 2. The molecule has 100 valence electrons. The van der Waals surface area contributed by atoms with E-state index in [0.717, 1.165) is 32.0 Å². The minimum Gasteiger partial charge on any atom is -0.355 e. The van der Waals surface area contributed by atoms with Gasteiger partial charge in [-0.15, -0.1) is 0 Å². The van der Waals surface area contributed by atoms with E-state index in [1.165, 1.54) is 13.0 Å². The van der Waals surface area contributed by atoms with Crippen LogP contribution in [0.2, 0.25) is 0 Å². The van der Waals surface area contributed by atoms with E-state index in [1.807, 2.05) is 0 Å². The summed E-state index contributed by atoms with van der Waals surface area (Å²) >= 11 is 0. The van der Waals surface area contributed by atoms with Crippen molar-refractivity contribution in [3.05, 3.63) is 0 Å². The average Bonchev–Trinajstić information content (AvgIpc) is 2.78. The lowest BCUT2D eigenvalue weighted by Gasteiger charge is -2.19. The molecule has 0 saturated carbocycles. The molecule has 1 atom stereocenters. The van der Waals surface area contributed by atoms with Gasteiger partial charge >= 0.3 is 0 Å². The van der Waals surface area contributed by atoms with Crippen molar-refractivity contribution >= 4 is 5.96 Å². The van der Waals surface area contributed by atoms with E-state index >= 15 is 0 Å². The Morgan fingerprint density at radius 3 is 2.82 bits per heavy atom. The first-order chi connectivity index (χ1) is 8.17. The Labute approximate surface area is 105 Å². The summed E-state index contributed by atoms with van der Waals surface area (Å²) in [4.78, 5) is 7.01. The second kappa shape index (κ2) is 7.50. The second-order valence-electron chi connectivity index (χ2n) is 5.00. The van der Waals surface area contributed by atoms with Crippen LogP contribution < -0.4 is 16.6 Å². The van der Waals surface area contributed by atoms with Crippen molar-refractivity contribution in [2.75, 3.05) is 26.2 Å². The molecule has 0 aliphatic carbocycles. The Morgan fingerprint density at radius 2 is 2.29 bits per heavy atom. The topological polar surface area (TPSA) is 65.7 Å². The summed E-state index contributed by atoms with van der Waals surface area (Å²) in [5.41, 5.74) is 2.62. The SMILES string of the molecule is CCCNC(=NCC1CCN(C(C)C)C1)NN. The van der Waals surface area contributed by atoms with E-state index in [4.69, 9.17) is 5.84 Å². The van der Waals surface area contributed by atoms with Crippen LogP contribution in [0.5, 0.6) is 0 Å². The highest BCUT2D eigenvalue weighted by atomic mass is 15.3. The van der Waals surface area contributed by atoms with Crippen molar-refractivity contribution in [1.29, 1.82) is 0 Å². The zero-order valence-corrected chi connectivity index (χ0v) is 11.4. The first-order valence-electron chi connectivity index (χ1n) is 6.66. The standard InChI is InChI=1S/C12H27N5/c1-4-6-14-12(16-13)15-8-11-5-7-17(9-11)10(2)3/h10-11H,4-9,13H2,1-3H3,(H2,14,15,16). The van der Waals surface area contributed by atoms with Gasteiger partial charge in [0.15, 0.2) is 0 Å². The molecule has 17 heavy (non-hydrogen) atoms. The Morgan fingerprint density at radius 1 is 1.53 bits per heavy atom. The van der Waals surface area contributed by atoms with E-state index in [0.29, 0.717) is 12.0 Å². The summed E-state index contributed by atoms with van der Waals surface area (Å²) < 4.78 is 0. The zero-order chi connectivity index (χ0) is 12.7. The van der Waals surface area contributed by atoms with Crippen molar-refractivity contribution in [1.82, 2.24) is 15.6 Å². The van der Waals surface area contributed by atoms with E-state index in [1.54, 1.807) is 0 Å². The fourth-order valence-electron chi connectivity index (χ4n) is 2.10. The number of nitrogens with zero attached hydrogens (tertiary/aromatic N) is 2. The van der Waals surface area contributed by atoms with Gasteiger partial charge in [-0.05, 0) is 39.2 Å². The molecule has 0 spiro atoms. The fourth-order valence-corrected chi connectivity index (χ4v) is 2.10. The second-order valence-corrected chi connectivity index (χ2v) is 5.00.